The number of hydrogen-bond acceptors (Lipinski definition) is 4. The zero-order chi connectivity index (χ0) is 23.8. The number of thiophene rings is 1. The standard InChI is InChI=1S/C26H17Cl2NO4S/c27-15-9-14(10-16(28)11-15)23-12-22(24(34-23)25(30)31)29-26(32)33-13-21-19-7-3-1-5-17(19)18-6-2-4-8-20(18)21/h1-12,21H,13H2,(H,29,32)(H,30,31). The van der Waals surface area contributed by atoms with E-state index in [4.69, 9.17) is 27.9 Å². The van der Waals surface area contributed by atoms with Gasteiger partial charge in [-0.2, -0.15) is 0 Å². The Morgan fingerprint density at radius 3 is 2.09 bits per heavy atom. The summed E-state index contributed by atoms with van der Waals surface area (Å²) in [4.78, 5) is 25.0. The first-order valence-corrected chi connectivity index (χ1v) is 11.9. The van der Waals surface area contributed by atoms with Crippen molar-refractivity contribution in [3.63, 3.8) is 0 Å². The molecule has 0 saturated carbocycles. The summed E-state index contributed by atoms with van der Waals surface area (Å²) in [6.07, 6.45) is -0.724. The predicted molar refractivity (Wildman–Crippen MR) is 135 cm³/mol. The molecule has 0 spiro atoms. The molecule has 5 rings (SSSR count). The molecule has 1 amide bonds. The van der Waals surface area contributed by atoms with Crippen molar-refractivity contribution in [1.29, 1.82) is 0 Å². The van der Waals surface area contributed by atoms with Gasteiger partial charge >= 0.3 is 12.1 Å². The van der Waals surface area contributed by atoms with Crippen molar-refractivity contribution in [2.75, 3.05) is 11.9 Å². The molecule has 170 valence electrons. The van der Waals surface area contributed by atoms with Crippen molar-refractivity contribution in [2.45, 2.75) is 5.92 Å². The molecule has 0 atom stereocenters. The maximum Gasteiger partial charge on any atom is 0.411 e. The second-order valence-electron chi connectivity index (χ2n) is 7.77. The summed E-state index contributed by atoms with van der Waals surface area (Å²) in [6, 6.07) is 22.6. The molecule has 8 heteroatoms. The number of carbonyl (C=O) groups excluding carboxylic acids is 1. The van der Waals surface area contributed by atoms with Gasteiger partial charge < -0.3 is 9.84 Å². The SMILES string of the molecule is O=C(Nc1cc(-c2cc(Cl)cc(Cl)c2)sc1C(=O)O)OCC1c2ccccc2-c2ccccc21. The molecule has 0 saturated heterocycles. The van der Waals surface area contributed by atoms with Crippen LogP contribution in [0.15, 0.2) is 72.8 Å². The van der Waals surface area contributed by atoms with Crippen molar-refractivity contribution in [3.05, 3.63) is 98.8 Å². The first kappa shape index (κ1) is 22.5. The summed E-state index contributed by atoms with van der Waals surface area (Å²) in [5.74, 6) is -1.25. The van der Waals surface area contributed by atoms with E-state index < -0.39 is 12.1 Å². The van der Waals surface area contributed by atoms with Gasteiger partial charge in [-0.15, -0.1) is 11.3 Å². The summed E-state index contributed by atoms with van der Waals surface area (Å²) < 4.78 is 5.55. The molecule has 2 N–H and O–H groups in total. The van der Waals surface area contributed by atoms with Gasteiger partial charge in [-0.1, -0.05) is 71.7 Å². The highest BCUT2D eigenvalue weighted by Crippen LogP contribution is 2.44. The average Bonchev–Trinajstić information content (AvgIpc) is 3.37. The number of halogens is 2. The topological polar surface area (TPSA) is 75.6 Å². The van der Waals surface area contributed by atoms with Gasteiger partial charge in [0.25, 0.3) is 0 Å². The Balaban J connectivity index is 1.35. The molecular weight excluding hydrogens is 493 g/mol. The number of aromatic carboxylic acids is 1. The highest BCUT2D eigenvalue weighted by molar-refractivity contribution is 7.18. The van der Waals surface area contributed by atoms with Crippen LogP contribution in [-0.4, -0.2) is 23.8 Å². The maximum absolute atomic E-state index is 12.7. The second-order valence-corrected chi connectivity index (χ2v) is 9.69. The molecule has 3 aromatic carbocycles. The summed E-state index contributed by atoms with van der Waals surface area (Å²) in [5.41, 5.74) is 5.26. The molecule has 0 unspecified atom stereocenters. The molecule has 0 bridgehead atoms. The first-order valence-electron chi connectivity index (χ1n) is 10.4. The molecule has 1 aliphatic carbocycles. The highest BCUT2D eigenvalue weighted by atomic mass is 35.5. The largest absolute Gasteiger partial charge is 0.477 e. The molecular formula is C26H17Cl2NO4S. The number of carboxylic acids is 1. The van der Waals surface area contributed by atoms with Gasteiger partial charge in [-0.25, -0.2) is 9.59 Å². The fourth-order valence-corrected chi connectivity index (χ4v) is 5.69. The summed E-state index contributed by atoms with van der Waals surface area (Å²) in [5, 5.41) is 13.1. The van der Waals surface area contributed by atoms with E-state index in [9.17, 15) is 14.7 Å². The monoisotopic (exact) mass is 509 g/mol. The van der Waals surface area contributed by atoms with E-state index in [-0.39, 0.29) is 23.1 Å². The van der Waals surface area contributed by atoms with Crippen LogP contribution >= 0.6 is 34.5 Å². The fraction of sp³-hybridized carbons (Fsp3) is 0.0769. The molecule has 4 aromatic rings. The van der Waals surface area contributed by atoms with Crippen LogP contribution in [0.25, 0.3) is 21.6 Å². The van der Waals surface area contributed by atoms with E-state index in [2.05, 4.69) is 17.4 Å². The summed E-state index contributed by atoms with van der Waals surface area (Å²) in [7, 11) is 0. The van der Waals surface area contributed by atoms with E-state index in [0.29, 0.717) is 20.5 Å². The van der Waals surface area contributed by atoms with Crippen LogP contribution in [0.5, 0.6) is 0 Å². The van der Waals surface area contributed by atoms with Crippen LogP contribution in [0.3, 0.4) is 0 Å². The number of carboxylic acid groups (broad SMARTS) is 1. The number of hydrogen-bond donors (Lipinski definition) is 2. The van der Waals surface area contributed by atoms with Crippen LogP contribution < -0.4 is 5.32 Å². The van der Waals surface area contributed by atoms with Gasteiger partial charge in [0.1, 0.15) is 11.5 Å². The van der Waals surface area contributed by atoms with Gasteiger partial charge in [0.15, 0.2) is 0 Å². The Morgan fingerprint density at radius 1 is 0.912 bits per heavy atom. The Labute approximate surface area is 209 Å². The van der Waals surface area contributed by atoms with Crippen molar-refractivity contribution in [3.8, 4) is 21.6 Å². The Bertz CT molecular complexity index is 1370. The van der Waals surface area contributed by atoms with E-state index in [0.717, 1.165) is 33.6 Å². The molecule has 5 nitrogen and oxygen atoms in total. The number of carbonyl (C=O) groups is 2. The quantitative estimate of drug-likeness (QED) is 0.288. The zero-order valence-corrected chi connectivity index (χ0v) is 19.9. The Kier molecular flexibility index (Phi) is 6.04. The maximum atomic E-state index is 12.7. The third kappa shape index (κ3) is 4.28. The number of rotatable bonds is 5. The van der Waals surface area contributed by atoms with Crippen molar-refractivity contribution >= 4 is 52.3 Å². The number of nitrogens with one attached hydrogen (secondary N) is 1. The van der Waals surface area contributed by atoms with E-state index in [1.54, 1.807) is 24.3 Å². The fourth-order valence-electron chi connectivity index (χ4n) is 4.23. The van der Waals surface area contributed by atoms with E-state index in [1.807, 2.05) is 36.4 Å². The van der Waals surface area contributed by atoms with Gasteiger partial charge in [0.05, 0.1) is 5.69 Å². The van der Waals surface area contributed by atoms with Crippen LogP contribution in [0.2, 0.25) is 10.0 Å². The molecule has 34 heavy (non-hydrogen) atoms. The molecule has 1 aromatic heterocycles. The van der Waals surface area contributed by atoms with Crippen LogP contribution in [0.1, 0.15) is 26.7 Å². The van der Waals surface area contributed by atoms with E-state index in [1.165, 1.54) is 0 Å². The Morgan fingerprint density at radius 2 is 1.50 bits per heavy atom. The highest BCUT2D eigenvalue weighted by Gasteiger charge is 2.29. The van der Waals surface area contributed by atoms with Crippen LogP contribution in [0.4, 0.5) is 10.5 Å². The smallest absolute Gasteiger partial charge is 0.411 e. The molecule has 0 aliphatic heterocycles. The van der Waals surface area contributed by atoms with Gasteiger partial charge in [0.2, 0.25) is 0 Å². The Hall–Kier alpha value is -3.32. The minimum Gasteiger partial charge on any atom is -0.477 e. The minimum atomic E-state index is -1.15. The molecule has 1 heterocycles. The second kappa shape index (κ2) is 9.14. The lowest BCUT2D eigenvalue weighted by molar-refractivity contribution is 0.0703. The van der Waals surface area contributed by atoms with Crippen LogP contribution in [-0.2, 0) is 4.74 Å². The van der Waals surface area contributed by atoms with Gasteiger partial charge in [0, 0.05) is 20.8 Å². The lowest BCUT2D eigenvalue weighted by Crippen LogP contribution is -2.18. The molecule has 0 radical (unpaired) electrons. The zero-order valence-electron chi connectivity index (χ0n) is 17.5. The molecule has 1 aliphatic rings. The van der Waals surface area contributed by atoms with Crippen molar-refractivity contribution in [1.82, 2.24) is 0 Å². The third-order valence-corrected chi connectivity index (χ3v) is 7.26. The number of benzene rings is 3. The number of ether oxygens (including phenoxy) is 1. The number of amides is 1. The predicted octanol–water partition coefficient (Wildman–Crippen LogP) is 7.78. The molecule has 0 fully saturated rings. The first-order chi connectivity index (χ1) is 16.4. The van der Waals surface area contributed by atoms with Crippen LogP contribution in [0, 0.1) is 0 Å². The lowest BCUT2D eigenvalue weighted by atomic mass is 9.98. The van der Waals surface area contributed by atoms with E-state index >= 15 is 0 Å². The van der Waals surface area contributed by atoms with Crippen molar-refractivity contribution in [2.24, 2.45) is 0 Å². The summed E-state index contributed by atoms with van der Waals surface area (Å²) in [6.45, 7) is 0.128. The number of anilines is 1. The normalized spacial score (nSPS) is 12.2. The lowest BCUT2D eigenvalue weighted by Gasteiger charge is -2.14. The van der Waals surface area contributed by atoms with Crippen molar-refractivity contribution < 1.29 is 19.4 Å². The average molecular weight is 510 g/mol. The van der Waals surface area contributed by atoms with Gasteiger partial charge in [-0.3, -0.25) is 5.32 Å². The minimum absolute atomic E-state index is 0.0143. The summed E-state index contributed by atoms with van der Waals surface area (Å²) >= 11 is 13.2. The number of fused-ring (bicyclic) bond motifs is 3. The third-order valence-electron chi connectivity index (χ3n) is 5.65. The van der Waals surface area contributed by atoms with Gasteiger partial charge in [-0.05, 0) is 52.1 Å².